The second kappa shape index (κ2) is 8.62. The second-order valence-corrected chi connectivity index (χ2v) is 9.94. The molecule has 29 heavy (non-hydrogen) atoms. The second-order valence-electron chi connectivity index (χ2n) is 6.83. The molecule has 0 saturated carbocycles. The van der Waals surface area contributed by atoms with Crippen LogP contribution < -0.4 is 15.2 Å². The van der Waals surface area contributed by atoms with Gasteiger partial charge in [0.2, 0.25) is 0 Å². The Balaban J connectivity index is 2.07. The largest absolute Gasteiger partial charge is 0.493 e. The molecule has 1 aromatic heterocycles. The summed E-state index contributed by atoms with van der Waals surface area (Å²) >= 11 is 3.39. The zero-order valence-electron chi connectivity index (χ0n) is 16.4. The van der Waals surface area contributed by atoms with Crippen LogP contribution in [0.4, 0.5) is 0 Å². The average Bonchev–Trinajstić information content (AvgIpc) is 2.94. The van der Waals surface area contributed by atoms with Crippen molar-refractivity contribution in [2.24, 2.45) is 0 Å². The molecule has 9 heteroatoms. The molecule has 0 saturated heterocycles. The highest BCUT2D eigenvalue weighted by atomic mass is 79.9. The van der Waals surface area contributed by atoms with Gasteiger partial charge in [0.05, 0.1) is 30.5 Å². The number of halogens is 1. The molecule has 2 aromatic carbocycles. The maximum atomic E-state index is 12.6. The van der Waals surface area contributed by atoms with E-state index in [1.807, 2.05) is 31.2 Å². The van der Waals surface area contributed by atoms with Gasteiger partial charge in [-0.2, -0.15) is 0 Å². The summed E-state index contributed by atoms with van der Waals surface area (Å²) in [6, 6.07) is 10.8. The number of nitrogens with zero attached hydrogens (tertiary/aromatic N) is 1. The van der Waals surface area contributed by atoms with Crippen LogP contribution in [0.15, 0.2) is 45.7 Å². The fourth-order valence-corrected chi connectivity index (χ4v) is 4.76. The van der Waals surface area contributed by atoms with Crippen molar-refractivity contribution in [3.05, 3.63) is 56.9 Å². The summed E-state index contributed by atoms with van der Waals surface area (Å²) in [6.07, 6.45) is 1.20. The van der Waals surface area contributed by atoms with E-state index < -0.39 is 15.8 Å². The Kier molecular flexibility index (Phi) is 6.38. The third kappa shape index (κ3) is 5.02. The zero-order chi connectivity index (χ0) is 21.2. The van der Waals surface area contributed by atoms with Gasteiger partial charge < -0.3 is 14.5 Å². The number of nitrogens with one attached hydrogen (secondary N) is 1. The summed E-state index contributed by atoms with van der Waals surface area (Å²) in [5.74, 6) is 0.583. The van der Waals surface area contributed by atoms with E-state index in [1.165, 1.54) is 6.26 Å². The molecule has 3 rings (SSSR count). The first-order valence-corrected chi connectivity index (χ1v) is 11.9. The molecular weight excluding hydrogens is 460 g/mol. The quantitative estimate of drug-likeness (QED) is 0.531. The van der Waals surface area contributed by atoms with Crippen molar-refractivity contribution < 1.29 is 17.9 Å². The van der Waals surface area contributed by atoms with E-state index in [2.05, 4.69) is 20.9 Å². The third-order valence-corrected chi connectivity index (χ3v) is 6.10. The number of ether oxygens (including phenoxy) is 2. The molecule has 0 bridgehead atoms. The van der Waals surface area contributed by atoms with Crippen LogP contribution in [-0.4, -0.2) is 43.7 Å². The van der Waals surface area contributed by atoms with Crippen molar-refractivity contribution in [3.8, 4) is 11.5 Å². The Morgan fingerprint density at radius 2 is 1.93 bits per heavy atom. The van der Waals surface area contributed by atoms with Gasteiger partial charge in [0.1, 0.15) is 9.84 Å². The minimum atomic E-state index is -3.29. The number of hydrogen-bond donors (Lipinski definition) is 1. The molecular formula is C20H23BrN2O5S. The number of hydrogen-bond acceptors (Lipinski definition) is 5. The lowest BCUT2D eigenvalue weighted by Gasteiger charge is -2.19. The Morgan fingerprint density at radius 3 is 2.59 bits per heavy atom. The van der Waals surface area contributed by atoms with Gasteiger partial charge in [0.15, 0.2) is 11.5 Å². The van der Waals surface area contributed by atoms with Crippen molar-refractivity contribution in [1.82, 2.24) is 9.55 Å². The van der Waals surface area contributed by atoms with Crippen LogP contribution in [0.1, 0.15) is 18.4 Å². The van der Waals surface area contributed by atoms with Crippen LogP contribution >= 0.6 is 15.9 Å². The molecule has 0 aliphatic rings. The molecule has 1 atom stereocenters. The van der Waals surface area contributed by atoms with Crippen LogP contribution in [0, 0.1) is 0 Å². The fraction of sp³-hybridized carbons (Fsp3) is 0.350. The summed E-state index contributed by atoms with van der Waals surface area (Å²) in [5.41, 5.74) is 1.88. The minimum Gasteiger partial charge on any atom is -0.493 e. The van der Waals surface area contributed by atoms with Crippen molar-refractivity contribution in [2.45, 2.75) is 19.4 Å². The SMILES string of the molecule is CCOc1cc([C@@H](Cn2c(=O)[nH]c3cc(Br)ccc32)CS(C)(=O)=O)ccc1OC. The molecule has 3 aromatic rings. The predicted octanol–water partition coefficient (Wildman–Crippen LogP) is 3.33. The van der Waals surface area contributed by atoms with Gasteiger partial charge in [0.25, 0.3) is 0 Å². The van der Waals surface area contributed by atoms with Gasteiger partial charge in [0, 0.05) is 23.2 Å². The summed E-state index contributed by atoms with van der Waals surface area (Å²) in [6.45, 7) is 2.53. The van der Waals surface area contributed by atoms with Gasteiger partial charge in [-0.3, -0.25) is 4.57 Å². The van der Waals surface area contributed by atoms with E-state index >= 15 is 0 Å². The van der Waals surface area contributed by atoms with Crippen LogP contribution in [-0.2, 0) is 16.4 Å². The lowest BCUT2D eigenvalue weighted by molar-refractivity contribution is 0.310. The Hall–Kier alpha value is -2.26. The van der Waals surface area contributed by atoms with Gasteiger partial charge >= 0.3 is 5.69 Å². The average molecular weight is 483 g/mol. The summed E-state index contributed by atoms with van der Waals surface area (Å²) in [5, 5.41) is 0. The zero-order valence-corrected chi connectivity index (χ0v) is 18.8. The first-order valence-electron chi connectivity index (χ1n) is 9.08. The molecule has 0 amide bonds. The van der Waals surface area contributed by atoms with Crippen LogP contribution in [0.2, 0.25) is 0 Å². The number of aromatic amines is 1. The van der Waals surface area contributed by atoms with Crippen LogP contribution in [0.5, 0.6) is 11.5 Å². The molecule has 0 unspecified atom stereocenters. The van der Waals surface area contributed by atoms with Crippen molar-refractivity contribution in [1.29, 1.82) is 0 Å². The predicted molar refractivity (Wildman–Crippen MR) is 117 cm³/mol. The topological polar surface area (TPSA) is 90.4 Å². The molecule has 0 aliphatic carbocycles. The highest BCUT2D eigenvalue weighted by Crippen LogP contribution is 2.32. The highest BCUT2D eigenvalue weighted by molar-refractivity contribution is 9.10. The monoisotopic (exact) mass is 482 g/mol. The van der Waals surface area contributed by atoms with E-state index in [1.54, 1.807) is 23.8 Å². The number of benzene rings is 2. The van der Waals surface area contributed by atoms with Crippen molar-refractivity contribution in [2.75, 3.05) is 25.7 Å². The van der Waals surface area contributed by atoms with Gasteiger partial charge in [-0.1, -0.05) is 22.0 Å². The van der Waals surface area contributed by atoms with E-state index in [0.717, 1.165) is 15.6 Å². The molecule has 1 N–H and O–H groups in total. The van der Waals surface area contributed by atoms with Crippen molar-refractivity contribution in [3.63, 3.8) is 0 Å². The molecule has 7 nitrogen and oxygen atoms in total. The van der Waals surface area contributed by atoms with E-state index in [9.17, 15) is 13.2 Å². The normalized spacial score (nSPS) is 12.8. The molecule has 0 aliphatic heterocycles. The first kappa shape index (κ1) is 21.4. The smallest absolute Gasteiger partial charge is 0.326 e. The number of imidazole rings is 1. The van der Waals surface area contributed by atoms with Gasteiger partial charge in [-0.15, -0.1) is 0 Å². The van der Waals surface area contributed by atoms with Crippen molar-refractivity contribution >= 4 is 36.8 Å². The molecule has 0 spiro atoms. The lowest BCUT2D eigenvalue weighted by Crippen LogP contribution is -2.25. The minimum absolute atomic E-state index is 0.0967. The first-order chi connectivity index (χ1) is 13.7. The molecule has 0 fully saturated rings. The van der Waals surface area contributed by atoms with E-state index in [4.69, 9.17) is 9.47 Å². The number of aromatic nitrogens is 2. The number of methoxy groups -OCH3 is 1. The molecule has 0 radical (unpaired) electrons. The highest BCUT2D eigenvalue weighted by Gasteiger charge is 2.22. The third-order valence-electron chi connectivity index (χ3n) is 4.60. The summed E-state index contributed by atoms with van der Waals surface area (Å²) < 4.78 is 37.6. The van der Waals surface area contributed by atoms with Gasteiger partial charge in [-0.25, -0.2) is 13.2 Å². The van der Waals surface area contributed by atoms with E-state index in [0.29, 0.717) is 23.6 Å². The Morgan fingerprint density at radius 1 is 1.17 bits per heavy atom. The summed E-state index contributed by atoms with van der Waals surface area (Å²) in [7, 11) is -1.74. The maximum Gasteiger partial charge on any atom is 0.326 e. The number of H-pyrrole nitrogens is 1. The number of rotatable bonds is 8. The Bertz CT molecular complexity index is 1180. The standard InChI is InChI=1S/C20H23BrN2O5S/c1-4-28-19-9-13(5-8-18(19)27-2)14(12-29(3,25)26)11-23-17-7-6-15(21)10-16(17)22-20(23)24/h5-10,14H,4,11-12H2,1-3H3,(H,22,24)/t14-/m0/s1. The maximum absolute atomic E-state index is 12.6. The van der Waals surface area contributed by atoms with Crippen LogP contribution in [0.25, 0.3) is 11.0 Å². The molecule has 156 valence electrons. The van der Waals surface area contributed by atoms with Crippen LogP contribution in [0.3, 0.4) is 0 Å². The number of fused-ring (bicyclic) bond motifs is 1. The molecule has 1 heterocycles. The summed E-state index contributed by atoms with van der Waals surface area (Å²) in [4.78, 5) is 15.4. The Labute approximate surface area is 177 Å². The fourth-order valence-electron chi connectivity index (χ4n) is 3.37. The lowest BCUT2D eigenvalue weighted by atomic mass is 10.00. The number of sulfone groups is 1. The van der Waals surface area contributed by atoms with Gasteiger partial charge in [-0.05, 0) is 42.8 Å². The van der Waals surface area contributed by atoms with E-state index in [-0.39, 0.29) is 18.0 Å².